The normalized spacial score (nSPS) is 18.8. The molecule has 0 amide bonds. The number of fused-ring (bicyclic) bond motifs is 7. The summed E-state index contributed by atoms with van der Waals surface area (Å²) in [5.74, 6) is 0. The lowest BCUT2D eigenvalue weighted by atomic mass is 9.55. The van der Waals surface area contributed by atoms with Crippen molar-refractivity contribution in [2.24, 2.45) is 5.41 Å². The number of aromatic nitrogens is 1. The van der Waals surface area contributed by atoms with Gasteiger partial charge in [0, 0.05) is 40.4 Å². The molecule has 3 aromatic carbocycles. The first kappa shape index (κ1) is 18.8. The Morgan fingerprint density at radius 1 is 0.838 bits per heavy atom. The molecule has 2 heteroatoms. The van der Waals surface area contributed by atoms with Crippen LogP contribution in [0.5, 0.6) is 0 Å². The van der Waals surface area contributed by atoms with Gasteiger partial charge in [0.1, 0.15) is 11.2 Å². The van der Waals surface area contributed by atoms with E-state index in [9.17, 15) is 0 Å². The second-order valence-electron chi connectivity index (χ2n) is 12.4. The molecule has 0 saturated carbocycles. The molecule has 2 nitrogen and oxygen atoms in total. The highest BCUT2D eigenvalue weighted by Gasteiger charge is 2.47. The summed E-state index contributed by atoms with van der Waals surface area (Å²) in [6.45, 7) is 12.0. The fraction of sp³-hybridized carbons (Fsp3) is 0.343. The third-order valence-corrected chi connectivity index (χ3v) is 8.43. The van der Waals surface area contributed by atoms with Crippen molar-refractivity contribution in [3.63, 3.8) is 0 Å². The van der Waals surface area contributed by atoms with Gasteiger partial charge in [-0.1, -0.05) is 90.9 Å². The molecule has 0 atom stereocenters. The van der Waals surface area contributed by atoms with Crippen molar-refractivity contribution in [1.82, 2.24) is 4.98 Å². The van der Waals surface area contributed by atoms with Crippen molar-refractivity contribution in [2.45, 2.75) is 72.5 Å². The van der Waals surface area contributed by atoms with Gasteiger partial charge in [-0.15, -0.1) is 0 Å². The number of benzene rings is 3. The molecule has 0 aliphatic heterocycles. The van der Waals surface area contributed by atoms with Crippen LogP contribution in [-0.4, -0.2) is 4.98 Å². The van der Waals surface area contributed by atoms with Gasteiger partial charge in [-0.25, -0.2) is 0 Å². The molecule has 0 radical (unpaired) electrons. The maximum atomic E-state index is 8.96. The number of rotatable bonds is 2. The van der Waals surface area contributed by atoms with Crippen LogP contribution in [0.3, 0.4) is 0 Å². The molecule has 0 N–H and O–H groups in total. The Kier molecular flexibility index (Phi) is 3.96. The average Bonchev–Trinajstić information content (AvgIpc) is 3.29. The molecule has 6 rings (SSSR count). The molecule has 0 unspecified atom stereocenters. The van der Waals surface area contributed by atoms with Crippen LogP contribution in [0.1, 0.15) is 77.6 Å². The summed E-state index contributed by atoms with van der Waals surface area (Å²) >= 11 is 0. The molecule has 5 aromatic rings. The van der Waals surface area contributed by atoms with E-state index in [-0.39, 0.29) is 22.0 Å². The van der Waals surface area contributed by atoms with Gasteiger partial charge in [-0.05, 0) is 70.1 Å². The summed E-state index contributed by atoms with van der Waals surface area (Å²) in [6, 6.07) is 20.4. The predicted octanol–water partition coefficient (Wildman–Crippen LogP) is 9.78. The number of pyridine rings is 1. The molecule has 0 spiro atoms. The Hall–Kier alpha value is -3.39. The average molecular weight is 493 g/mol. The van der Waals surface area contributed by atoms with Crippen LogP contribution in [0.25, 0.3) is 44.3 Å². The highest BCUT2D eigenvalue weighted by atomic mass is 16.3. The van der Waals surface area contributed by atoms with Crippen LogP contribution in [0.15, 0.2) is 71.3 Å². The smallest absolute Gasteiger partial charge is 0.144 e. The Morgan fingerprint density at radius 3 is 2.32 bits per heavy atom. The van der Waals surface area contributed by atoms with E-state index in [2.05, 4.69) is 69.1 Å². The van der Waals surface area contributed by atoms with Crippen molar-refractivity contribution in [1.29, 1.82) is 0 Å². The van der Waals surface area contributed by atoms with Crippen molar-refractivity contribution in [3.8, 4) is 22.4 Å². The summed E-state index contributed by atoms with van der Waals surface area (Å²) in [7, 11) is 0. The minimum Gasteiger partial charge on any atom is -0.455 e. The number of para-hydroxylation sites is 1. The highest BCUT2D eigenvalue weighted by molar-refractivity contribution is 6.11. The first-order valence-corrected chi connectivity index (χ1v) is 13.0. The largest absolute Gasteiger partial charge is 0.455 e. The number of nitrogens with zero attached hydrogens (tertiary/aromatic N) is 1. The monoisotopic (exact) mass is 492 g/mol. The summed E-state index contributed by atoms with van der Waals surface area (Å²) < 4.78 is 49.0. The molecule has 188 valence electrons. The van der Waals surface area contributed by atoms with E-state index in [0.29, 0.717) is 16.8 Å². The Balaban J connectivity index is 1.65. The molecule has 2 aromatic heterocycles. The van der Waals surface area contributed by atoms with E-state index in [0.717, 1.165) is 16.4 Å². The number of furan rings is 1. The summed E-state index contributed by atoms with van der Waals surface area (Å²) in [6.07, 6.45) is -0.606. The SMILES string of the molecule is [2H]C([2H])([2H])c1cnc(-c2cccc3c2oc2c4c(ccc23)-c2ccccc2C(C)(C)C4(C)C)cc1C([2H])([2H])C(C)(C)C. The molecule has 1 aliphatic rings. The summed E-state index contributed by atoms with van der Waals surface area (Å²) in [4.78, 5) is 4.57. The Morgan fingerprint density at radius 2 is 1.57 bits per heavy atom. The zero-order valence-electron chi connectivity index (χ0n) is 27.7. The molecular weight excluding hydrogens is 450 g/mol. The molecule has 0 fully saturated rings. The van der Waals surface area contributed by atoms with Gasteiger partial charge in [0.2, 0.25) is 0 Å². The fourth-order valence-corrected chi connectivity index (χ4v) is 5.93. The zero-order chi connectivity index (χ0) is 30.6. The zero-order valence-corrected chi connectivity index (χ0v) is 22.7. The van der Waals surface area contributed by atoms with Gasteiger partial charge < -0.3 is 4.42 Å². The van der Waals surface area contributed by atoms with Crippen LogP contribution < -0.4 is 0 Å². The lowest BCUT2D eigenvalue weighted by Crippen LogP contribution is -2.43. The fourth-order valence-electron chi connectivity index (χ4n) is 5.93. The second-order valence-corrected chi connectivity index (χ2v) is 12.4. The summed E-state index contributed by atoms with van der Waals surface area (Å²) in [5, 5.41) is 1.96. The summed E-state index contributed by atoms with van der Waals surface area (Å²) in [5.41, 5.74) is 6.36. The predicted molar refractivity (Wildman–Crippen MR) is 156 cm³/mol. The van der Waals surface area contributed by atoms with Gasteiger partial charge in [-0.3, -0.25) is 4.98 Å². The molecule has 0 saturated heterocycles. The van der Waals surface area contributed by atoms with Gasteiger partial charge >= 0.3 is 0 Å². The highest BCUT2D eigenvalue weighted by Crippen LogP contribution is 2.56. The van der Waals surface area contributed by atoms with E-state index in [4.69, 9.17) is 11.3 Å². The number of hydrogen-bond donors (Lipinski definition) is 0. The van der Waals surface area contributed by atoms with Gasteiger partial charge in [0.05, 0.1) is 5.69 Å². The van der Waals surface area contributed by atoms with Crippen molar-refractivity contribution < 1.29 is 11.3 Å². The molecule has 1 aliphatic carbocycles. The van der Waals surface area contributed by atoms with Gasteiger partial charge in [0.25, 0.3) is 0 Å². The van der Waals surface area contributed by atoms with Crippen molar-refractivity contribution in [3.05, 3.63) is 89.1 Å². The third-order valence-electron chi connectivity index (χ3n) is 8.43. The van der Waals surface area contributed by atoms with E-state index in [1.165, 1.54) is 28.5 Å². The standard InChI is InChI=1S/C35H37NO/c1-21-20-36-29(18-22(21)19-33(2,3)4)27-14-11-13-25-26-17-16-24-23-12-9-10-15-28(23)34(5,6)35(7,8)30(24)32(26)37-31(25)27/h9-18,20H,19H2,1-8H3/i1D3,19D2. The van der Waals surface area contributed by atoms with Crippen molar-refractivity contribution >= 4 is 21.9 Å². The van der Waals surface area contributed by atoms with E-state index < -0.39 is 18.6 Å². The van der Waals surface area contributed by atoms with E-state index >= 15 is 0 Å². The van der Waals surface area contributed by atoms with E-state index in [1.54, 1.807) is 26.8 Å². The van der Waals surface area contributed by atoms with Crippen molar-refractivity contribution in [2.75, 3.05) is 0 Å². The van der Waals surface area contributed by atoms with Crippen LogP contribution in [0.2, 0.25) is 0 Å². The Bertz CT molecular complexity index is 1890. The first-order chi connectivity index (χ1) is 19.4. The lowest BCUT2D eigenvalue weighted by Gasteiger charge is -2.48. The lowest BCUT2D eigenvalue weighted by molar-refractivity contribution is 0.299. The first-order valence-electron chi connectivity index (χ1n) is 15.5. The molecular formula is C35H37NO. The topological polar surface area (TPSA) is 26.0 Å². The van der Waals surface area contributed by atoms with Crippen LogP contribution in [0, 0.1) is 12.3 Å². The second kappa shape index (κ2) is 7.81. The molecule has 2 heterocycles. The minimum atomic E-state index is -2.50. The number of hydrogen-bond acceptors (Lipinski definition) is 2. The maximum absolute atomic E-state index is 8.96. The quantitative estimate of drug-likeness (QED) is 0.245. The molecule has 37 heavy (non-hydrogen) atoms. The van der Waals surface area contributed by atoms with Gasteiger partial charge in [-0.2, -0.15) is 0 Å². The molecule has 0 bridgehead atoms. The van der Waals surface area contributed by atoms with E-state index in [1.807, 2.05) is 18.2 Å². The third kappa shape index (κ3) is 3.49. The Labute approximate surface area is 227 Å². The van der Waals surface area contributed by atoms with Crippen LogP contribution >= 0.6 is 0 Å². The minimum absolute atomic E-state index is 0.0697. The maximum Gasteiger partial charge on any atom is 0.144 e. The van der Waals surface area contributed by atoms with Crippen LogP contribution in [-0.2, 0) is 17.2 Å². The van der Waals surface area contributed by atoms with Gasteiger partial charge in [0.15, 0.2) is 0 Å². The number of aryl methyl sites for hydroxylation is 1. The van der Waals surface area contributed by atoms with Crippen LogP contribution in [0.4, 0.5) is 0 Å².